The highest BCUT2D eigenvalue weighted by atomic mass is 16.4. The molecule has 0 spiro atoms. The van der Waals surface area contributed by atoms with E-state index >= 15 is 0 Å². The van der Waals surface area contributed by atoms with Gasteiger partial charge in [-0.1, -0.05) is 0 Å². The van der Waals surface area contributed by atoms with E-state index in [0.29, 0.717) is 43.6 Å². The van der Waals surface area contributed by atoms with E-state index in [9.17, 15) is 14.7 Å². The van der Waals surface area contributed by atoms with Crippen molar-refractivity contribution in [2.24, 2.45) is 0 Å². The van der Waals surface area contributed by atoms with Gasteiger partial charge in [-0.3, -0.25) is 4.90 Å². The Morgan fingerprint density at radius 2 is 1.58 bits per heavy atom. The molecule has 2 aromatic rings. The topological polar surface area (TPSA) is 157 Å². The number of nitrogens with one attached hydrogen (secondary N) is 2. The van der Waals surface area contributed by atoms with Crippen molar-refractivity contribution >= 4 is 23.6 Å². The molecule has 2 aromatic heterocycles. The molecule has 0 unspecified atom stereocenters. The van der Waals surface area contributed by atoms with Crippen LogP contribution in [0.5, 0.6) is 0 Å². The van der Waals surface area contributed by atoms with E-state index in [4.69, 9.17) is 5.11 Å². The lowest BCUT2D eigenvalue weighted by Gasteiger charge is -2.17. The van der Waals surface area contributed by atoms with Gasteiger partial charge in [0.25, 0.3) is 0 Å². The summed E-state index contributed by atoms with van der Waals surface area (Å²) in [6.45, 7) is 3.08. The minimum Gasteiger partial charge on any atom is -0.477 e. The van der Waals surface area contributed by atoms with Crippen LogP contribution in [0.25, 0.3) is 0 Å². The highest BCUT2D eigenvalue weighted by Gasteiger charge is 2.12. The molecule has 0 amide bonds. The van der Waals surface area contributed by atoms with Gasteiger partial charge in [-0.2, -0.15) is 0 Å². The number of carboxylic acid groups (broad SMARTS) is 2. The molecule has 0 radical (unpaired) electrons. The second-order valence-corrected chi connectivity index (χ2v) is 7.20. The Morgan fingerprint density at radius 3 is 2.26 bits per heavy atom. The molecular weight excluding hydrogens is 404 g/mol. The Balaban J connectivity index is 1.86. The lowest BCUT2D eigenvalue weighted by atomic mass is 10.3. The van der Waals surface area contributed by atoms with E-state index in [0.717, 1.165) is 13.0 Å². The van der Waals surface area contributed by atoms with Gasteiger partial charge in [-0.25, -0.2) is 29.5 Å². The van der Waals surface area contributed by atoms with Crippen molar-refractivity contribution in [3.8, 4) is 0 Å². The summed E-state index contributed by atoms with van der Waals surface area (Å²) < 4.78 is 0. The second-order valence-electron chi connectivity index (χ2n) is 7.20. The summed E-state index contributed by atoms with van der Waals surface area (Å²) in [6.07, 6.45) is 1.95. The van der Waals surface area contributed by atoms with Gasteiger partial charge in [-0.05, 0) is 34.1 Å². The van der Waals surface area contributed by atoms with Crippen molar-refractivity contribution in [3.63, 3.8) is 0 Å². The number of anilines is 2. The van der Waals surface area contributed by atoms with Crippen LogP contribution in [-0.2, 0) is 6.54 Å². The summed E-state index contributed by atoms with van der Waals surface area (Å²) in [7, 11) is 5.80. The normalized spacial score (nSPS) is 11.0. The summed E-state index contributed by atoms with van der Waals surface area (Å²) in [6, 6.07) is 2.81. The molecule has 0 saturated carbocycles. The number of hydrogen-bond donors (Lipinski definition) is 4. The molecule has 2 rings (SSSR count). The first-order valence-corrected chi connectivity index (χ1v) is 9.72. The first kappa shape index (κ1) is 23.9. The van der Waals surface area contributed by atoms with Crippen molar-refractivity contribution in [2.75, 3.05) is 58.0 Å². The number of likely N-dealkylation sites (N-methyl/N-ethyl adjacent to an activating group) is 1. The average molecular weight is 432 g/mol. The molecule has 0 aliphatic carbocycles. The highest BCUT2D eigenvalue weighted by Crippen LogP contribution is 2.09. The van der Waals surface area contributed by atoms with Gasteiger partial charge in [0.2, 0.25) is 0 Å². The molecule has 4 N–H and O–H groups in total. The fourth-order valence-corrected chi connectivity index (χ4v) is 2.63. The number of nitrogens with zero attached hydrogens (tertiary/aromatic N) is 6. The molecule has 0 saturated heterocycles. The molecule has 0 atom stereocenters. The summed E-state index contributed by atoms with van der Waals surface area (Å²) in [5.74, 6) is -0.857. The molecule has 31 heavy (non-hydrogen) atoms. The van der Waals surface area contributed by atoms with Crippen LogP contribution in [0.1, 0.15) is 33.2 Å². The third-order valence-corrected chi connectivity index (χ3v) is 4.18. The van der Waals surface area contributed by atoms with E-state index in [-0.39, 0.29) is 11.4 Å². The largest absolute Gasteiger partial charge is 0.477 e. The van der Waals surface area contributed by atoms with Crippen LogP contribution in [-0.4, -0.2) is 99.2 Å². The molecule has 168 valence electrons. The average Bonchev–Trinajstić information content (AvgIpc) is 2.71. The molecule has 2 heterocycles. The van der Waals surface area contributed by atoms with Crippen molar-refractivity contribution in [3.05, 3.63) is 35.7 Å². The van der Waals surface area contributed by atoms with Crippen molar-refractivity contribution in [1.82, 2.24) is 29.7 Å². The zero-order valence-electron chi connectivity index (χ0n) is 17.9. The van der Waals surface area contributed by atoms with Crippen LogP contribution in [0.2, 0.25) is 0 Å². The minimum atomic E-state index is -1.11. The van der Waals surface area contributed by atoms with E-state index < -0.39 is 11.9 Å². The second kappa shape index (κ2) is 11.7. The molecular formula is C19H28N8O4. The number of aromatic nitrogens is 4. The number of aromatic carboxylic acids is 2. The van der Waals surface area contributed by atoms with Crippen LogP contribution < -0.4 is 10.6 Å². The van der Waals surface area contributed by atoms with Crippen LogP contribution in [0, 0.1) is 0 Å². The smallest absolute Gasteiger partial charge is 0.354 e. The predicted molar refractivity (Wildman–Crippen MR) is 114 cm³/mol. The lowest BCUT2D eigenvalue weighted by molar-refractivity contribution is 0.0679. The van der Waals surface area contributed by atoms with Crippen molar-refractivity contribution in [1.29, 1.82) is 0 Å². The third-order valence-electron chi connectivity index (χ3n) is 4.18. The maximum absolute atomic E-state index is 11.4. The van der Waals surface area contributed by atoms with Crippen LogP contribution >= 0.6 is 0 Å². The molecule has 0 bridgehead atoms. The van der Waals surface area contributed by atoms with Gasteiger partial charge >= 0.3 is 11.9 Å². The minimum absolute atomic E-state index is 0.0505. The molecule has 0 aliphatic rings. The molecule has 12 nitrogen and oxygen atoms in total. The van der Waals surface area contributed by atoms with Gasteiger partial charge < -0.3 is 25.7 Å². The molecule has 0 aliphatic heterocycles. The van der Waals surface area contributed by atoms with E-state index in [2.05, 4.69) is 30.6 Å². The van der Waals surface area contributed by atoms with Crippen LogP contribution in [0.4, 0.5) is 11.6 Å². The third kappa shape index (κ3) is 8.48. The molecule has 0 aromatic carbocycles. The summed E-state index contributed by atoms with van der Waals surface area (Å²) in [5, 5.41) is 24.5. The maximum Gasteiger partial charge on any atom is 0.354 e. The van der Waals surface area contributed by atoms with Gasteiger partial charge in [0.05, 0.1) is 6.54 Å². The van der Waals surface area contributed by atoms with Gasteiger partial charge in [0, 0.05) is 31.8 Å². The van der Waals surface area contributed by atoms with Crippen molar-refractivity contribution in [2.45, 2.75) is 13.0 Å². The fourth-order valence-electron chi connectivity index (χ4n) is 2.63. The molecule has 0 fully saturated rings. The van der Waals surface area contributed by atoms with Crippen LogP contribution in [0.3, 0.4) is 0 Å². The van der Waals surface area contributed by atoms with Gasteiger partial charge in [-0.15, -0.1) is 0 Å². The Morgan fingerprint density at radius 1 is 0.903 bits per heavy atom. The fraction of sp³-hybridized carbons (Fsp3) is 0.474. The van der Waals surface area contributed by atoms with Crippen molar-refractivity contribution < 1.29 is 19.8 Å². The standard InChI is InChI=1S/C19H28N8O4/c1-26(2)8-6-21-16-10-14(19(30)31)24-17(25-16)11-27(3)7-4-5-20-15-9-13(18(28)29)22-12-23-15/h9-10,12H,4-8,11H2,1-3H3,(H,28,29)(H,30,31)(H,20,22,23)(H,21,24,25). The Kier molecular flexibility index (Phi) is 9.03. The SMILES string of the molecule is CN(C)CCNc1cc(C(=O)O)nc(CN(C)CCCNc2cc(C(=O)O)ncn2)n1. The predicted octanol–water partition coefficient (Wildman–Crippen LogP) is 0.571. The number of hydrogen-bond acceptors (Lipinski definition) is 10. The number of rotatable bonds is 13. The summed E-state index contributed by atoms with van der Waals surface area (Å²) in [5.41, 5.74) is -0.120. The summed E-state index contributed by atoms with van der Waals surface area (Å²) in [4.78, 5) is 42.5. The maximum atomic E-state index is 11.4. The summed E-state index contributed by atoms with van der Waals surface area (Å²) >= 11 is 0. The quantitative estimate of drug-likeness (QED) is 0.327. The Bertz CT molecular complexity index is 893. The Hall–Kier alpha value is -3.38. The Labute approximate surface area is 180 Å². The van der Waals surface area contributed by atoms with Gasteiger partial charge in [0.15, 0.2) is 11.4 Å². The monoisotopic (exact) mass is 432 g/mol. The number of carboxylic acids is 2. The van der Waals surface area contributed by atoms with E-state index in [1.807, 2.05) is 30.9 Å². The first-order chi connectivity index (χ1) is 14.7. The zero-order chi connectivity index (χ0) is 22.8. The number of carbonyl (C=O) groups is 2. The molecule has 12 heteroatoms. The van der Waals surface area contributed by atoms with E-state index in [1.165, 1.54) is 18.5 Å². The highest BCUT2D eigenvalue weighted by molar-refractivity contribution is 5.86. The first-order valence-electron chi connectivity index (χ1n) is 9.72. The van der Waals surface area contributed by atoms with Gasteiger partial charge in [0.1, 0.15) is 23.8 Å². The lowest BCUT2D eigenvalue weighted by Crippen LogP contribution is -2.24. The van der Waals surface area contributed by atoms with Crippen LogP contribution in [0.15, 0.2) is 18.5 Å². The van der Waals surface area contributed by atoms with E-state index in [1.54, 1.807) is 0 Å². The zero-order valence-corrected chi connectivity index (χ0v) is 17.9.